The Morgan fingerprint density at radius 3 is 2.28 bits per heavy atom. The first-order valence-corrected chi connectivity index (χ1v) is 14.4. The molecule has 0 spiro atoms. The van der Waals surface area contributed by atoms with E-state index in [9.17, 15) is 18.8 Å². The Balaban J connectivity index is 1.58. The van der Waals surface area contributed by atoms with E-state index >= 15 is 0 Å². The lowest BCUT2D eigenvalue weighted by molar-refractivity contribution is 0.0470. The number of nitrogens with one attached hydrogen (secondary N) is 1. The fraction of sp³-hybridized carbons (Fsp3) is 0.394. The lowest BCUT2D eigenvalue weighted by Crippen LogP contribution is -2.44. The van der Waals surface area contributed by atoms with Crippen molar-refractivity contribution in [2.24, 2.45) is 0 Å². The standard InChI is InChI=1S/C33H36ClFN2O6/c1-32(2,3)43-31(40)37-33(4,5)21-17-25(19-7-11-24(35)23(34)15-19)36-26(18-21)28(39)13-12-27(38)20-8-14-29(30(16-20)41-6)42-22-9-10-22/h7-8,11,14-18,22H,9-10,12-13H2,1-6H3,(H,37,40). The van der Waals surface area contributed by atoms with Crippen LogP contribution in [-0.4, -0.2) is 41.5 Å². The lowest BCUT2D eigenvalue weighted by atomic mass is 9.91. The van der Waals surface area contributed by atoms with E-state index < -0.39 is 23.1 Å². The molecule has 43 heavy (non-hydrogen) atoms. The average molecular weight is 611 g/mol. The van der Waals surface area contributed by atoms with Crippen LogP contribution < -0.4 is 14.8 Å². The van der Waals surface area contributed by atoms with E-state index in [-0.39, 0.29) is 41.2 Å². The molecule has 8 nitrogen and oxygen atoms in total. The fourth-order valence-corrected chi connectivity index (χ4v) is 4.45. The van der Waals surface area contributed by atoms with Gasteiger partial charge in [0.15, 0.2) is 23.1 Å². The number of methoxy groups -OCH3 is 1. The topological polar surface area (TPSA) is 104 Å². The molecule has 3 aromatic rings. The number of ether oxygens (including phenoxy) is 3. The molecule has 4 rings (SSSR count). The van der Waals surface area contributed by atoms with E-state index in [4.69, 9.17) is 25.8 Å². The molecular weight excluding hydrogens is 575 g/mol. The molecule has 0 atom stereocenters. The number of amides is 1. The number of Topliss-reactive ketones (excluding diaryl/α,β-unsaturated/α-hetero) is 2. The number of aromatic nitrogens is 1. The number of carbonyl (C=O) groups is 3. The zero-order valence-electron chi connectivity index (χ0n) is 25.2. The molecular formula is C33H36ClFN2O6. The highest BCUT2D eigenvalue weighted by Gasteiger charge is 2.29. The summed E-state index contributed by atoms with van der Waals surface area (Å²) in [6, 6.07) is 12.4. The summed E-state index contributed by atoms with van der Waals surface area (Å²) in [4.78, 5) is 43.6. The van der Waals surface area contributed by atoms with E-state index in [1.165, 1.54) is 25.3 Å². The van der Waals surface area contributed by atoms with Gasteiger partial charge in [-0.15, -0.1) is 0 Å². The van der Waals surface area contributed by atoms with Crippen LogP contribution in [0.15, 0.2) is 48.5 Å². The second-order valence-electron chi connectivity index (χ2n) is 12.0. The smallest absolute Gasteiger partial charge is 0.408 e. The van der Waals surface area contributed by atoms with Crippen LogP contribution in [0.1, 0.15) is 86.7 Å². The van der Waals surface area contributed by atoms with Gasteiger partial charge in [0.25, 0.3) is 0 Å². The van der Waals surface area contributed by atoms with Gasteiger partial charge >= 0.3 is 6.09 Å². The monoisotopic (exact) mass is 610 g/mol. The van der Waals surface area contributed by atoms with Gasteiger partial charge in [0, 0.05) is 24.0 Å². The number of nitrogens with zero attached hydrogens (tertiary/aromatic N) is 1. The number of alkyl carbamates (subject to hydrolysis) is 1. The van der Waals surface area contributed by atoms with Crippen molar-refractivity contribution in [2.45, 2.75) is 77.5 Å². The van der Waals surface area contributed by atoms with Gasteiger partial charge in [0.05, 0.1) is 29.5 Å². The molecule has 1 aliphatic carbocycles. The second kappa shape index (κ2) is 12.7. The third kappa shape index (κ3) is 8.54. The van der Waals surface area contributed by atoms with Gasteiger partial charge in [-0.05, 0) is 102 Å². The Hall–Kier alpha value is -3.98. The normalized spacial score (nSPS) is 13.3. The summed E-state index contributed by atoms with van der Waals surface area (Å²) >= 11 is 6.03. The third-order valence-electron chi connectivity index (χ3n) is 6.74. The molecule has 2 aromatic carbocycles. The van der Waals surface area contributed by atoms with E-state index in [1.54, 1.807) is 65.0 Å². The van der Waals surface area contributed by atoms with Crippen molar-refractivity contribution >= 4 is 29.3 Å². The largest absolute Gasteiger partial charge is 0.493 e. The Labute approximate surface area is 255 Å². The van der Waals surface area contributed by atoms with E-state index in [0.29, 0.717) is 33.9 Å². The summed E-state index contributed by atoms with van der Waals surface area (Å²) in [6.45, 7) is 8.79. The Bertz CT molecular complexity index is 1540. The van der Waals surface area contributed by atoms with Gasteiger partial charge in [0.2, 0.25) is 0 Å². The number of benzene rings is 2. The first-order chi connectivity index (χ1) is 20.1. The summed E-state index contributed by atoms with van der Waals surface area (Å²) in [5.41, 5.74) is 0.168. The minimum Gasteiger partial charge on any atom is -0.493 e. The van der Waals surface area contributed by atoms with Crippen LogP contribution in [0.2, 0.25) is 5.02 Å². The zero-order valence-corrected chi connectivity index (χ0v) is 25.9. The van der Waals surface area contributed by atoms with Gasteiger partial charge in [0.1, 0.15) is 17.1 Å². The molecule has 1 fully saturated rings. The summed E-state index contributed by atoms with van der Waals surface area (Å²) in [5.74, 6) is -0.167. The molecule has 1 N–H and O–H groups in total. The molecule has 0 unspecified atom stereocenters. The molecule has 0 aliphatic heterocycles. The first-order valence-electron chi connectivity index (χ1n) is 14.1. The van der Waals surface area contributed by atoms with E-state index in [2.05, 4.69) is 10.3 Å². The minimum atomic E-state index is -0.991. The molecule has 1 heterocycles. The maximum Gasteiger partial charge on any atom is 0.408 e. The van der Waals surface area contributed by atoms with Crippen LogP contribution >= 0.6 is 11.6 Å². The molecule has 10 heteroatoms. The predicted octanol–water partition coefficient (Wildman–Crippen LogP) is 7.70. The highest BCUT2D eigenvalue weighted by atomic mass is 35.5. The van der Waals surface area contributed by atoms with Gasteiger partial charge < -0.3 is 19.5 Å². The van der Waals surface area contributed by atoms with Gasteiger partial charge in [-0.1, -0.05) is 11.6 Å². The minimum absolute atomic E-state index is 0.0615. The van der Waals surface area contributed by atoms with Crippen molar-refractivity contribution in [3.05, 3.63) is 76.2 Å². The SMILES string of the molecule is COc1cc(C(=O)CCC(=O)c2cc(C(C)(C)NC(=O)OC(C)(C)C)cc(-c3ccc(F)c(Cl)c3)n2)ccc1OC1CC1. The number of pyridine rings is 1. The Kier molecular flexibility index (Phi) is 9.44. The fourth-order valence-electron chi connectivity index (χ4n) is 4.27. The van der Waals surface area contributed by atoms with Crippen LogP contribution in [-0.2, 0) is 10.3 Å². The van der Waals surface area contributed by atoms with Crippen molar-refractivity contribution in [3.8, 4) is 22.8 Å². The molecule has 0 radical (unpaired) electrons. The van der Waals surface area contributed by atoms with Crippen LogP contribution in [0.3, 0.4) is 0 Å². The maximum atomic E-state index is 13.9. The molecule has 0 bridgehead atoms. The number of carbonyl (C=O) groups excluding carboxylic acids is 3. The molecule has 0 saturated heterocycles. The highest BCUT2D eigenvalue weighted by Crippen LogP contribution is 2.35. The van der Waals surface area contributed by atoms with Crippen molar-refractivity contribution in [1.82, 2.24) is 10.3 Å². The van der Waals surface area contributed by atoms with Gasteiger partial charge in [-0.25, -0.2) is 14.2 Å². The number of ketones is 2. The third-order valence-corrected chi connectivity index (χ3v) is 7.03. The summed E-state index contributed by atoms with van der Waals surface area (Å²) in [5, 5.41) is 2.74. The van der Waals surface area contributed by atoms with Crippen LogP contribution in [0, 0.1) is 5.82 Å². The summed E-state index contributed by atoms with van der Waals surface area (Å²) in [6.07, 6.45) is 1.35. The quantitative estimate of drug-likeness (QED) is 0.222. The number of rotatable bonds is 11. The summed E-state index contributed by atoms with van der Waals surface area (Å²) in [7, 11) is 1.51. The second-order valence-corrected chi connectivity index (χ2v) is 12.4. The van der Waals surface area contributed by atoms with Crippen LogP contribution in [0.4, 0.5) is 9.18 Å². The highest BCUT2D eigenvalue weighted by molar-refractivity contribution is 6.31. The van der Waals surface area contributed by atoms with E-state index in [1.807, 2.05) is 0 Å². The predicted molar refractivity (Wildman–Crippen MR) is 162 cm³/mol. The Morgan fingerprint density at radius 2 is 1.65 bits per heavy atom. The van der Waals surface area contributed by atoms with Crippen molar-refractivity contribution < 1.29 is 33.0 Å². The maximum absolute atomic E-state index is 13.9. The number of hydrogen-bond donors (Lipinski definition) is 1. The van der Waals surface area contributed by atoms with Crippen molar-refractivity contribution in [3.63, 3.8) is 0 Å². The van der Waals surface area contributed by atoms with Crippen molar-refractivity contribution in [2.75, 3.05) is 7.11 Å². The van der Waals surface area contributed by atoms with Crippen LogP contribution in [0.5, 0.6) is 11.5 Å². The molecule has 1 saturated carbocycles. The Morgan fingerprint density at radius 1 is 0.953 bits per heavy atom. The van der Waals surface area contributed by atoms with Crippen LogP contribution in [0.25, 0.3) is 11.3 Å². The van der Waals surface area contributed by atoms with Gasteiger partial charge in [-0.3, -0.25) is 9.59 Å². The molecule has 1 amide bonds. The molecule has 228 valence electrons. The summed E-state index contributed by atoms with van der Waals surface area (Å²) < 4.78 is 30.5. The average Bonchev–Trinajstić information content (AvgIpc) is 3.75. The van der Waals surface area contributed by atoms with E-state index in [0.717, 1.165) is 12.8 Å². The first kappa shape index (κ1) is 31.9. The molecule has 1 aliphatic rings. The van der Waals surface area contributed by atoms with Gasteiger partial charge in [-0.2, -0.15) is 0 Å². The number of halogens is 2. The number of hydrogen-bond acceptors (Lipinski definition) is 7. The lowest BCUT2D eigenvalue weighted by Gasteiger charge is -2.29. The van der Waals surface area contributed by atoms with Crippen molar-refractivity contribution in [1.29, 1.82) is 0 Å². The zero-order chi connectivity index (χ0) is 31.5. The molecule has 1 aromatic heterocycles.